The van der Waals surface area contributed by atoms with Gasteiger partial charge in [-0.25, -0.2) is 0 Å². The smallest absolute Gasteiger partial charge is 0.159 e. The van der Waals surface area contributed by atoms with E-state index >= 15 is 0 Å². The van der Waals surface area contributed by atoms with Crippen LogP contribution in [0.5, 0.6) is 0 Å². The summed E-state index contributed by atoms with van der Waals surface area (Å²) in [5.41, 5.74) is 2.25. The fraction of sp³-hybridized carbons (Fsp3) is 0.759. The number of ether oxygens (including phenoxy) is 1. The SMILES string of the molecule is COCC12CCC(C)CC1CC[C@H]1C3CCC(C(=O)Cn4nc5ccccc5n4)C3(C)CCC12. The summed E-state index contributed by atoms with van der Waals surface area (Å²) in [7, 11) is 1.91. The minimum Gasteiger partial charge on any atom is -0.384 e. The minimum absolute atomic E-state index is 0.133. The third-order valence-electron chi connectivity index (χ3n) is 11.1. The molecule has 0 radical (unpaired) electrons. The van der Waals surface area contributed by atoms with Gasteiger partial charge < -0.3 is 4.74 Å². The molecule has 0 bridgehead atoms. The van der Waals surface area contributed by atoms with Crippen LogP contribution in [0.15, 0.2) is 24.3 Å². The number of fused-ring (bicyclic) bond motifs is 6. The van der Waals surface area contributed by atoms with Gasteiger partial charge in [-0.3, -0.25) is 4.79 Å². The van der Waals surface area contributed by atoms with Gasteiger partial charge in [-0.1, -0.05) is 32.4 Å². The number of hydrogen-bond acceptors (Lipinski definition) is 4. The van der Waals surface area contributed by atoms with Gasteiger partial charge in [0.1, 0.15) is 17.6 Å². The van der Waals surface area contributed by atoms with E-state index in [4.69, 9.17) is 4.74 Å². The predicted octanol–water partition coefficient (Wildman–Crippen LogP) is 5.92. The van der Waals surface area contributed by atoms with E-state index in [1.807, 2.05) is 31.4 Å². The van der Waals surface area contributed by atoms with E-state index in [9.17, 15) is 4.79 Å². The van der Waals surface area contributed by atoms with Crippen molar-refractivity contribution in [1.82, 2.24) is 15.0 Å². The zero-order valence-corrected chi connectivity index (χ0v) is 21.2. The summed E-state index contributed by atoms with van der Waals surface area (Å²) >= 11 is 0. The summed E-state index contributed by atoms with van der Waals surface area (Å²) in [6.07, 6.45) is 11.5. The molecule has 7 unspecified atom stereocenters. The molecule has 0 saturated heterocycles. The lowest BCUT2D eigenvalue weighted by molar-refractivity contribution is -0.154. The lowest BCUT2D eigenvalue weighted by Crippen LogP contribution is -2.56. The fourth-order valence-electron chi connectivity index (χ4n) is 9.57. The van der Waals surface area contributed by atoms with Crippen LogP contribution in [0.1, 0.15) is 71.6 Å². The van der Waals surface area contributed by atoms with E-state index in [1.54, 1.807) is 4.80 Å². The summed E-state index contributed by atoms with van der Waals surface area (Å²) < 4.78 is 5.94. The van der Waals surface area contributed by atoms with Crippen molar-refractivity contribution >= 4 is 16.8 Å². The van der Waals surface area contributed by atoms with Crippen molar-refractivity contribution < 1.29 is 9.53 Å². The average Bonchev–Trinajstić information content (AvgIpc) is 3.39. The maximum Gasteiger partial charge on any atom is 0.159 e. The number of rotatable bonds is 5. The molecule has 6 rings (SSSR count). The topological polar surface area (TPSA) is 57.0 Å². The summed E-state index contributed by atoms with van der Waals surface area (Å²) in [6.45, 7) is 6.15. The number of ketones is 1. The first kappa shape index (κ1) is 22.7. The molecule has 4 aliphatic rings. The number of nitrogens with zero attached hydrogens (tertiary/aromatic N) is 3. The Labute approximate surface area is 204 Å². The van der Waals surface area contributed by atoms with Crippen molar-refractivity contribution in [2.75, 3.05) is 13.7 Å². The van der Waals surface area contributed by atoms with Gasteiger partial charge in [-0.15, -0.1) is 0 Å². The Balaban J connectivity index is 1.23. The van der Waals surface area contributed by atoms with Crippen LogP contribution < -0.4 is 0 Å². The van der Waals surface area contributed by atoms with Crippen molar-refractivity contribution in [1.29, 1.82) is 0 Å². The molecule has 2 aromatic rings. The van der Waals surface area contributed by atoms with Gasteiger partial charge >= 0.3 is 0 Å². The molecular formula is C29H41N3O2. The van der Waals surface area contributed by atoms with Gasteiger partial charge in [-0.2, -0.15) is 15.0 Å². The van der Waals surface area contributed by atoms with Crippen LogP contribution in [0.3, 0.4) is 0 Å². The molecule has 34 heavy (non-hydrogen) atoms. The van der Waals surface area contributed by atoms with Crippen LogP contribution in [-0.2, 0) is 16.1 Å². The van der Waals surface area contributed by atoms with Crippen molar-refractivity contribution in [3.63, 3.8) is 0 Å². The van der Waals surface area contributed by atoms with Crippen LogP contribution in [-0.4, -0.2) is 34.5 Å². The van der Waals surface area contributed by atoms with Gasteiger partial charge in [0, 0.05) is 13.0 Å². The van der Waals surface area contributed by atoms with Crippen LogP contribution in [0.4, 0.5) is 0 Å². The highest BCUT2D eigenvalue weighted by molar-refractivity contribution is 5.82. The quantitative estimate of drug-likeness (QED) is 0.552. The van der Waals surface area contributed by atoms with Crippen LogP contribution in [0.2, 0.25) is 0 Å². The monoisotopic (exact) mass is 463 g/mol. The van der Waals surface area contributed by atoms with Crippen molar-refractivity contribution in [2.45, 2.75) is 78.2 Å². The Morgan fingerprint density at radius 1 is 1.03 bits per heavy atom. The molecular weight excluding hydrogens is 422 g/mol. The number of methoxy groups -OCH3 is 1. The van der Waals surface area contributed by atoms with E-state index in [1.165, 1.54) is 51.4 Å². The Bertz CT molecular complexity index is 1030. The molecule has 1 aromatic carbocycles. The number of carbonyl (C=O) groups excluding carboxylic acids is 1. The second-order valence-electron chi connectivity index (χ2n) is 12.6. The Hall–Kier alpha value is -1.75. The first-order valence-corrected chi connectivity index (χ1v) is 13.8. The predicted molar refractivity (Wildman–Crippen MR) is 133 cm³/mol. The van der Waals surface area contributed by atoms with Gasteiger partial charge in [0.05, 0.1) is 6.61 Å². The fourth-order valence-corrected chi connectivity index (χ4v) is 9.57. The Morgan fingerprint density at radius 3 is 2.53 bits per heavy atom. The van der Waals surface area contributed by atoms with Gasteiger partial charge in [0.25, 0.3) is 0 Å². The standard InChI is InChI=1S/C29H41N3O2/c1-19-12-15-29(18-34-3)20(16-19)8-9-21-22-10-11-24(28(22,2)14-13-23(21)29)27(33)17-32-30-25-6-4-5-7-26(25)31-32/h4-7,19-24H,8-18H2,1-3H3/t19?,20?,21-,22?,23?,24?,28?,29?/m0/s1. The Kier molecular flexibility index (Phi) is 5.63. The number of aromatic nitrogens is 3. The summed E-state index contributed by atoms with van der Waals surface area (Å²) in [5, 5.41) is 9.14. The van der Waals surface area contributed by atoms with E-state index < -0.39 is 0 Å². The summed E-state index contributed by atoms with van der Waals surface area (Å²) in [6, 6.07) is 7.88. The second kappa shape index (κ2) is 8.43. The molecule has 5 nitrogen and oxygen atoms in total. The third kappa shape index (κ3) is 3.40. The number of benzene rings is 1. The molecule has 8 atom stereocenters. The van der Waals surface area contributed by atoms with Crippen LogP contribution >= 0.6 is 0 Å². The van der Waals surface area contributed by atoms with E-state index in [0.717, 1.165) is 47.7 Å². The zero-order chi connectivity index (χ0) is 23.5. The molecule has 0 amide bonds. The minimum atomic E-state index is 0.133. The maximum atomic E-state index is 13.6. The highest BCUT2D eigenvalue weighted by Gasteiger charge is 2.62. The van der Waals surface area contributed by atoms with Gasteiger partial charge in [-0.05, 0) is 104 Å². The molecule has 0 N–H and O–H groups in total. The van der Waals surface area contributed by atoms with Crippen molar-refractivity contribution in [3.8, 4) is 0 Å². The van der Waals surface area contributed by atoms with E-state index in [0.29, 0.717) is 23.7 Å². The first-order chi connectivity index (χ1) is 16.4. The second-order valence-corrected chi connectivity index (χ2v) is 12.6. The Morgan fingerprint density at radius 2 is 1.79 bits per heavy atom. The number of hydrogen-bond donors (Lipinski definition) is 0. The highest BCUT2D eigenvalue weighted by Crippen LogP contribution is 2.68. The molecule has 184 valence electrons. The summed E-state index contributed by atoms with van der Waals surface area (Å²) in [5.74, 6) is 4.41. The van der Waals surface area contributed by atoms with E-state index in [2.05, 4.69) is 24.0 Å². The highest BCUT2D eigenvalue weighted by atomic mass is 16.5. The third-order valence-corrected chi connectivity index (χ3v) is 11.1. The van der Waals surface area contributed by atoms with Crippen LogP contribution in [0, 0.1) is 46.3 Å². The lowest BCUT2D eigenvalue weighted by atomic mass is 9.44. The lowest BCUT2D eigenvalue weighted by Gasteiger charge is -2.61. The van der Waals surface area contributed by atoms with Crippen molar-refractivity contribution in [2.24, 2.45) is 46.3 Å². The molecule has 0 aliphatic heterocycles. The number of Topliss-reactive ketones (excluding diaryl/α,β-unsaturated/α-hetero) is 1. The normalized spacial score (nSPS) is 41.6. The molecule has 1 aromatic heterocycles. The molecule has 4 aliphatic carbocycles. The largest absolute Gasteiger partial charge is 0.384 e. The molecule has 5 heteroatoms. The van der Waals surface area contributed by atoms with E-state index in [-0.39, 0.29) is 11.3 Å². The molecule has 4 fully saturated rings. The first-order valence-electron chi connectivity index (χ1n) is 13.8. The van der Waals surface area contributed by atoms with Gasteiger partial charge in [0.15, 0.2) is 5.78 Å². The average molecular weight is 464 g/mol. The molecule has 1 heterocycles. The summed E-state index contributed by atoms with van der Waals surface area (Å²) in [4.78, 5) is 15.3. The number of carbonyl (C=O) groups is 1. The van der Waals surface area contributed by atoms with Crippen molar-refractivity contribution in [3.05, 3.63) is 24.3 Å². The zero-order valence-electron chi connectivity index (χ0n) is 21.2. The van der Waals surface area contributed by atoms with Gasteiger partial charge in [0.2, 0.25) is 0 Å². The van der Waals surface area contributed by atoms with Crippen LogP contribution in [0.25, 0.3) is 11.0 Å². The maximum absolute atomic E-state index is 13.6. The molecule has 0 spiro atoms. The molecule has 4 saturated carbocycles.